The molecule has 0 fully saturated rings. The summed E-state index contributed by atoms with van der Waals surface area (Å²) >= 11 is 1.44. The molecular formula is C23H19N7OS. The summed E-state index contributed by atoms with van der Waals surface area (Å²) in [5.41, 5.74) is 3.54. The van der Waals surface area contributed by atoms with E-state index in [-0.39, 0.29) is 0 Å². The van der Waals surface area contributed by atoms with Gasteiger partial charge in [0.2, 0.25) is 5.16 Å². The molecule has 0 N–H and O–H groups in total. The molecule has 0 unspecified atom stereocenters. The van der Waals surface area contributed by atoms with Gasteiger partial charge in [0.1, 0.15) is 22.8 Å². The predicted molar refractivity (Wildman–Crippen MR) is 122 cm³/mol. The minimum Gasteiger partial charge on any atom is -0.494 e. The summed E-state index contributed by atoms with van der Waals surface area (Å²) in [5.74, 6) is 1.40. The summed E-state index contributed by atoms with van der Waals surface area (Å²) in [5, 5.41) is 11.3. The van der Waals surface area contributed by atoms with Crippen LogP contribution in [0.5, 0.6) is 5.75 Å². The first-order valence-corrected chi connectivity index (χ1v) is 10.9. The summed E-state index contributed by atoms with van der Waals surface area (Å²) in [7, 11) is 0. The van der Waals surface area contributed by atoms with E-state index in [9.17, 15) is 0 Å². The highest BCUT2D eigenvalue weighted by molar-refractivity contribution is 7.99. The van der Waals surface area contributed by atoms with Crippen molar-refractivity contribution in [2.45, 2.75) is 24.0 Å². The van der Waals surface area contributed by atoms with Crippen LogP contribution in [0.4, 0.5) is 0 Å². The number of hydrogen-bond acceptors (Lipinski definition) is 8. The van der Waals surface area contributed by atoms with Crippen molar-refractivity contribution in [3.8, 4) is 23.0 Å². The standard InChI is InChI=1S/C23H19N7OS/c1-3-31-17-7-5-16(6-8-17)30-21(20-13-24-10-11-25-20)28-29-23(30)32-22-18-12-15(2)4-9-19(18)26-14-27-22/h4-14H,3H2,1-2H3. The van der Waals surface area contributed by atoms with Crippen molar-refractivity contribution in [2.75, 3.05) is 6.61 Å². The lowest BCUT2D eigenvalue weighted by atomic mass is 10.2. The summed E-state index contributed by atoms with van der Waals surface area (Å²) in [6.07, 6.45) is 6.51. The molecule has 3 aromatic heterocycles. The van der Waals surface area contributed by atoms with Gasteiger partial charge in [-0.1, -0.05) is 11.6 Å². The maximum atomic E-state index is 5.59. The third-order valence-corrected chi connectivity index (χ3v) is 5.74. The Bertz CT molecular complexity index is 1370. The van der Waals surface area contributed by atoms with Gasteiger partial charge in [0.15, 0.2) is 5.82 Å². The molecule has 0 aliphatic heterocycles. The first-order valence-electron chi connectivity index (χ1n) is 10.1. The SMILES string of the molecule is CCOc1ccc(-n2c(Sc3ncnc4ccc(C)cc34)nnc2-c2cnccn2)cc1. The Labute approximate surface area is 188 Å². The van der Waals surface area contributed by atoms with E-state index in [4.69, 9.17) is 4.74 Å². The van der Waals surface area contributed by atoms with Crippen molar-refractivity contribution in [3.05, 3.63) is 72.9 Å². The second-order valence-electron chi connectivity index (χ2n) is 6.96. The quantitative estimate of drug-likeness (QED) is 0.355. The Morgan fingerprint density at radius 3 is 2.62 bits per heavy atom. The van der Waals surface area contributed by atoms with Crippen LogP contribution in [0, 0.1) is 6.92 Å². The van der Waals surface area contributed by atoms with E-state index in [1.165, 1.54) is 11.8 Å². The number of nitrogens with zero attached hydrogens (tertiary/aromatic N) is 7. The Morgan fingerprint density at radius 2 is 1.84 bits per heavy atom. The zero-order chi connectivity index (χ0) is 21.9. The lowest BCUT2D eigenvalue weighted by Crippen LogP contribution is -2.01. The molecule has 5 rings (SSSR count). The van der Waals surface area contributed by atoms with Gasteiger partial charge in [-0.15, -0.1) is 10.2 Å². The minimum absolute atomic E-state index is 0.597. The van der Waals surface area contributed by atoms with Gasteiger partial charge in [0.05, 0.1) is 24.0 Å². The molecule has 5 aromatic rings. The van der Waals surface area contributed by atoms with Crippen LogP contribution in [0.1, 0.15) is 12.5 Å². The second kappa shape index (κ2) is 8.72. The van der Waals surface area contributed by atoms with Crippen LogP contribution in [-0.4, -0.2) is 41.3 Å². The third kappa shape index (κ3) is 3.90. The molecule has 8 nitrogen and oxygen atoms in total. The molecule has 0 aliphatic carbocycles. The Hall–Kier alpha value is -3.85. The molecule has 0 saturated heterocycles. The van der Waals surface area contributed by atoms with Crippen molar-refractivity contribution >= 4 is 22.7 Å². The van der Waals surface area contributed by atoms with Gasteiger partial charge in [-0.2, -0.15) is 0 Å². The van der Waals surface area contributed by atoms with Gasteiger partial charge in [0.25, 0.3) is 0 Å². The van der Waals surface area contributed by atoms with E-state index in [1.807, 2.05) is 47.9 Å². The molecule has 3 heterocycles. The molecule has 32 heavy (non-hydrogen) atoms. The second-order valence-corrected chi connectivity index (χ2v) is 7.92. The largest absolute Gasteiger partial charge is 0.494 e. The predicted octanol–water partition coefficient (Wildman–Crippen LogP) is 4.53. The number of rotatable bonds is 6. The molecule has 2 aromatic carbocycles. The monoisotopic (exact) mass is 441 g/mol. The average Bonchev–Trinajstić information content (AvgIpc) is 3.24. The number of ether oxygens (including phenoxy) is 1. The van der Waals surface area contributed by atoms with Gasteiger partial charge >= 0.3 is 0 Å². The molecule has 158 valence electrons. The summed E-state index contributed by atoms with van der Waals surface area (Å²) in [6.45, 7) is 4.62. The van der Waals surface area contributed by atoms with Crippen molar-refractivity contribution < 1.29 is 4.74 Å². The molecule has 0 aliphatic rings. The number of benzene rings is 2. The molecule has 0 bridgehead atoms. The Balaban J connectivity index is 1.63. The third-order valence-electron chi connectivity index (χ3n) is 4.77. The molecule has 0 saturated carbocycles. The van der Waals surface area contributed by atoms with Crippen molar-refractivity contribution in [2.24, 2.45) is 0 Å². The fourth-order valence-electron chi connectivity index (χ4n) is 3.32. The minimum atomic E-state index is 0.597. The lowest BCUT2D eigenvalue weighted by molar-refractivity contribution is 0.340. The highest BCUT2D eigenvalue weighted by atomic mass is 32.2. The molecule has 0 atom stereocenters. The van der Waals surface area contributed by atoms with Crippen LogP contribution < -0.4 is 4.74 Å². The van der Waals surface area contributed by atoms with Crippen molar-refractivity contribution in [3.63, 3.8) is 0 Å². The van der Waals surface area contributed by atoms with E-state index >= 15 is 0 Å². The zero-order valence-electron chi connectivity index (χ0n) is 17.5. The number of aromatic nitrogens is 7. The van der Waals surface area contributed by atoms with Crippen LogP contribution in [0.25, 0.3) is 28.1 Å². The first-order chi connectivity index (χ1) is 15.7. The highest BCUT2D eigenvalue weighted by Gasteiger charge is 2.19. The summed E-state index contributed by atoms with van der Waals surface area (Å²) in [4.78, 5) is 17.5. The topological polar surface area (TPSA) is 91.5 Å². The van der Waals surface area contributed by atoms with Crippen LogP contribution in [0.15, 0.2) is 77.6 Å². The molecule has 0 spiro atoms. The fraction of sp³-hybridized carbons (Fsp3) is 0.130. The first kappa shape index (κ1) is 20.1. The van der Waals surface area contributed by atoms with Gasteiger partial charge in [0, 0.05) is 17.8 Å². The van der Waals surface area contributed by atoms with Crippen LogP contribution in [-0.2, 0) is 0 Å². The van der Waals surface area contributed by atoms with Gasteiger partial charge in [-0.05, 0) is 62.0 Å². The van der Waals surface area contributed by atoms with E-state index < -0.39 is 0 Å². The van der Waals surface area contributed by atoms with Crippen molar-refractivity contribution in [1.29, 1.82) is 0 Å². The van der Waals surface area contributed by atoms with Crippen LogP contribution >= 0.6 is 11.8 Å². The number of fused-ring (bicyclic) bond motifs is 1. The van der Waals surface area contributed by atoms with E-state index in [1.54, 1.807) is 24.9 Å². The highest BCUT2D eigenvalue weighted by Crippen LogP contribution is 2.34. The number of aryl methyl sites for hydroxylation is 1. The van der Waals surface area contributed by atoms with E-state index in [2.05, 4.69) is 43.1 Å². The lowest BCUT2D eigenvalue weighted by Gasteiger charge is -2.11. The van der Waals surface area contributed by atoms with Gasteiger partial charge in [-0.25, -0.2) is 15.0 Å². The summed E-state index contributed by atoms with van der Waals surface area (Å²) < 4.78 is 7.55. The number of hydrogen-bond donors (Lipinski definition) is 0. The van der Waals surface area contributed by atoms with E-state index in [0.717, 1.165) is 32.9 Å². The molecule has 0 radical (unpaired) electrons. The molecule has 9 heteroatoms. The maximum Gasteiger partial charge on any atom is 0.202 e. The van der Waals surface area contributed by atoms with E-state index in [0.29, 0.717) is 23.3 Å². The smallest absolute Gasteiger partial charge is 0.202 e. The zero-order valence-corrected chi connectivity index (χ0v) is 18.3. The van der Waals surface area contributed by atoms with Crippen LogP contribution in [0.2, 0.25) is 0 Å². The van der Waals surface area contributed by atoms with Crippen molar-refractivity contribution in [1.82, 2.24) is 34.7 Å². The maximum absolute atomic E-state index is 5.59. The Kier molecular flexibility index (Phi) is 5.47. The molecule has 0 amide bonds. The van der Waals surface area contributed by atoms with Crippen LogP contribution in [0.3, 0.4) is 0 Å². The molecular weight excluding hydrogens is 422 g/mol. The van der Waals surface area contributed by atoms with Gasteiger partial charge < -0.3 is 4.74 Å². The normalized spacial score (nSPS) is 11.1. The Morgan fingerprint density at radius 1 is 0.969 bits per heavy atom. The average molecular weight is 442 g/mol. The summed E-state index contributed by atoms with van der Waals surface area (Å²) in [6, 6.07) is 13.9. The van der Waals surface area contributed by atoms with Gasteiger partial charge in [-0.3, -0.25) is 9.55 Å². The fourth-order valence-corrected chi connectivity index (χ4v) is 4.23.